The number of hydrogen-bond donors (Lipinski definition) is 2. The lowest BCUT2D eigenvalue weighted by molar-refractivity contribution is -0.138. The maximum atomic E-state index is 11.3. The number of para-hydroxylation sites is 2. The molecule has 0 aliphatic heterocycles. The number of hydrogen-bond acceptors (Lipinski definition) is 3. The van der Waals surface area contributed by atoms with Gasteiger partial charge < -0.3 is 14.4 Å². The monoisotopic (exact) mass is 358 g/mol. The van der Waals surface area contributed by atoms with E-state index >= 15 is 0 Å². The van der Waals surface area contributed by atoms with Crippen LogP contribution in [0, 0.1) is 0 Å². The Morgan fingerprint density at radius 2 is 1.92 bits per heavy atom. The fourth-order valence-corrected chi connectivity index (χ4v) is 3.20. The molecular weight excluding hydrogens is 340 g/mol. The molecule has 0 spiro atoms. The topological polar surface area (TPSA) is 63.5 Å². The van der Waals surface area contributed by atoms with Crippen molar-refractivity contribution in [3.8, 4) is 5.75 Å². The normalized spacial score (nSPS) is 12.2. The van der Waals surface area contributed by atoms with Gasteiger partial charge in [0.1, 0.15) is 11.8 Å². The molecule has 1 atom stereocenters. The van der Waals surface area contributed by atoms with Gasteiger partial charge in [0.2, 0.25) is 0 Å². The smallest absolute Gasteiger partial charge is 0.322 e. The van der Waals surface area contributed by atoms with Crippen molar-refractivity contribution in [3.05, 3.63) is 65.9 Å². The van der Waals surface area contributed by atoms with Crippen LogP contribution in [0.3, 0.4) is 0 Å². The van der Waals surface area contributed by atoms with Gasteiger partial charge in [0.15, 0.2) is 0 Å². The van der Waals surface area contributed by atoms with Crippen molar-refractivity contribution in [1.29, 1.82) is 0 Å². The Morgan fingerprint density at radius 3 is 2.64 bits per heavy atom. The lowest BCUT2D eigenvalue weighted by Gasteiger charge is -2.10. The van der Waals surface area contributed by atoms with E-state index in [9.17, 15) is 9.90 Å². The molecular formula is C19H19ClN2O3. The quantitative estimate of drug-likeness (QED) is 0.635. The van der Waals surface area contributed by atoms with E-state index in [0.29, 0.717) is 13.0 Å². The van der Waals surface area contributed by atoms with Gasteiger partial charge in [0.25, 0.3) is 0 Å². The zero-order valence-corrected chi connectivity index (χ0v) is 14.5. The number of nitrogens with one attached hydrogen (secondary N) is 1. The van der Waals surface area contributed by atoms with Crippen molar-refractivity contribution >= 4 is 28.6 Å². The van der Waals surface area contributed by atoms with Crippen LogP contribution in [0.25, 0.3) is 10.9 Å². The summed E-state index contributed by atoms with van der Waals surface area (Å²) in [7, 11) is 1.65. The van der Waals surface area contributed by atoms with E-state index in [1.807, 2.05) is 54.7 Å². The molecule has 1 aromatic heterocycles. The molecule has 5 nitrogen and oxygen atoms in total. The standard InChI is InChI=1S/C19H19ClN2O3/c1-25-18-9-5-2-6-13(18)11-22-12-14(10-16(21-20)19(23)24)15-7-3-4-8-17(15)22/h2-9,12,16,21H,10-11H2,1H3,(H,23,24)/t16-/m0/s1. The van der Waals surface area contributed by atoms with E-state index in [1.165, 1.54) is 0 Å². The molecule has 0 radical (unpaired) electrons. The number of carboxylic acid groups (broad SMARTS) is 1. The number of carboxylic acids is 1. The molecule has 0 aliphatic rings. The average Bonchev–Trinajstić information content (AvgIpc) is 2.97. The van der Waals surface area contributed by atoms with E-state index in [-0.39, 0.29) is 0 Å². The van der Waals surface area contributed by atoms with E-state index in [0.717, 1.165) is 27.8 Å². The third kappa shape index (κ3) is 3.62. The van der Waals surface area contributed by atoms with E-state index in [2.05, 4.69) is 9.40 Å². The predicted molar refractivity (Wildman–Crippen MR) is 98.2 cm³/mol. The van der Waals surface area contributed by atoms with Crippen molar-refractivity contribution in [2.75, 3.05) is 7.11 Å². The Kier molecular flexibility index (Phi) is 5.26. The van der Waals surface area contributed by atoms with Gasteiger partial charge in [0.05, 0.1) is 13.7 Å². The van der Waals surface area contributed by atoms with Crippen molar-refractivity contribution in [3.63, 3.8) is 0 Å². The second-order valence-corrected chi connectivity index (χ2v) is 6.03. The summed E-state index contributed by atoms with van der Waals surface area (Å²) in [6.45, 7) is 0.635. The number of halogens is 1. The Balaban J connectivity index is 2.00. The third-order valence-corrected chi connectivity index (χ3v) is 4.52. The fraction of sp³-hybridized carbons (Fsp3) is 0.211. The predicted octanol–water partition coefficient (Wildman–Crippen LogP) is 3.44. The summed E-state index contributed by atoms with van der Waals surface area (Å²) in [6.07, 6.45) is 2.29. The summed E-state index contributed by atoms with van der Waals surface area (Å²) in [4.78, 5) is 13.6. The Bertz CT molecular complexity index is 891. The highest BCUT2D eigenvalue weighted by atomic mass is 35.5. The molecule has 2 aromatic carbocycles. The van der Waals surface area contributed by atoms with Gasteiger partial charge in [-0.2, -0.15) is 0 Å². The molecule has 3 rings (SSSR count). The number of aliphatic carboxylic acids is 1. The maximum absolute atomic E-state index is 11.3. The molecule has 0 aliphatic carbocycles. The largest absolute Gasteiger partial charge is 0.496 e. The Labute approximate surface area is 150 Å². The summed E-state index contributed by atoms with van der Waals surface area (Å²) < 4.78 is 7.54. The number of ether oxygens (including phenoxy) is 1. The van der Waals surface area contributed by atoms with Crippen molar-refractivity contribution in [1.82, 2.24) is 9.40 Å². The number of fused-ring (bicyclic) bond motifs is 1. The van der Waals surface area contributed by atoms with Crippen LogP contribution in [0.15, 0.2) is 54.7 Å². The second-order valence-electron chi connectivity index (χ2n) is 5.82. The minimum absolute atomic E-state index is 0.304. The van der Waals surface area contributed by atoms with Crippen LogP contribution in [-0.2, 0) is 17.8 Å². The minimum Gasteiger partial charge on any atom is -0.496 e. The zero-order chi connectivity index (χ0) is 17.8. The molecule has 1 heterocycles. The van der Waals surface area contributed by atoms with Crippen LogP contribution in [0.1, 0.15) is 11.1 Å². The molecule has 0 unspecified atom stereocenters. The van der Waals surface area contributed by atoms with Gasteiger partial charge >= 0.3 is 5.97 Å². The Morgan fingerprint density at radius 1 is 1.20 bits per heavy atom. The lowest BCUT2D eigenvalue weighted by atomic mass is 10.1. The summed E-state index contributed by atoms with van der Waals surface area (Å²) in [5.74, 6) is -0.149. The molecule has 0 saturated heterocycles. The number of aromatic nitrogens is 1. The molecule has 0 saturated carbocycles. The summed E-state index contributed by atoms with van der Waals surface area (Å²) in [5.41, 5.74) is 3.04. The first kappa shape index (κ1) is 17.3. The first-order valence-electron chi connectivity index (χ1n) is 7.91. The number of methoxy groups -OCH3 is 1. The molecule has 6 heteroatoms. The fourth-order valence-electron chi connectivity index (χ4n) is 3.03. The number of nitrogens with zero attached hydrogens (tertiary/aromatic N) is 1. The number of carbonyl (C=O) groups is 1. The van der Waals surface area contributed by atoms with Crippen molar-refractivity contribution in [2.24, 2.45) is 0 Å². The Hall–Kier alpha value is -2.50. The van der Waals surface area contributed by atoms with Crippen molar-refractivity contribution in [2.45, 2.75) is 19.0 Å². The maximum Gasteiger partial charge on any atom is 0.322 e. The van der Waals surface area contributed by atoms with Gasteiger partial charge in [0, 0.05) is 29.1 Å². The molecule has 0 fully saturated rings. The number of rotatable bonds is 7. The highest BCUT2D eigenvalue weighted by Crippen LogP contribution is 2.26. The van der Waals surface area contributed by atoms with Crippen LogP contribution in [-0.4, -0.2) is 28.8 Å². The van der Waals surface area contributed by atoms with Crippen LogP contribution in [0.5, 0.6) is 5.75 Å². The van der Waals surface area contributed by atoms with Crippen LogP contribution >= 0.6 is 11.8 Å². The van der Waals surface area contributed by atoms with E-state index in [1.54, 1.807) is 7.11 Å². The highest BCUT2D eigenvalue weighted by molar-refractivity contribution is 6.14. The number of benzene rings is 2. The SMILES string of the molecule is COc1ccccc1Cn1cc(C[C@H](NCl)C(=O)O)c2ccccc21. The summed E-state index contributed by atoms with van der Waals surface area (Å²) in [6, 6.07) is 15.0. The molecule has 130 valence electrons. The minimum atomic E-state index is -0.975. The van der Waals surface area contributed by atoms with E-state index < -0.39 is 12.0 Å². The van der Waals surface area contributed by atoms with Crippen LogP contribution in [0.4, 0.5) is 0 Å². The first-order valence-corrected chi connectivity index (χ1v) is 8.29. The zero-order valence-electron chi connectivity index (χ0n) is 13.8. The molecule has 0 amide bonds. The summed E-state index contributed by atoms with van der Waals surface area (Å²) in [5, 5.41) is 10.3. The molecule has 0 bridgehead atoms. The highest BCUT2D eigenvalue weighted by Gasteiger charge is 2.19. The first-order chi connectivity index (χ1) is 12.1. The van der Waals surface area contributed by atoms with Gasteiger partial charge in [-0.15, -0.1) is 0 Å². The average molecular weight is 359 g/mol. The molecule has 2 N–H and O–H groups in total. The van der Waals surface area contributed by atoms with Gasteiger partial charge in [-0.3, -0.25) is 4.79 Å². The van der Waals surface area contributed by atoms with E-state index in [4.69, 9.17) is 16.5 Å². The second kappa shape index (κ2) is 7.59. The van der Waals surface area contributed by atoms with Crippen LogP contribution < -0.4 is 9.57 Å². The van der Waals surface area contributed by atoms with Crippen molar-refractivity contribution < 1.29 is 14.6 Å². The van der Waals surface area contributed by atoms with Crippen LogP contribution in [0.2, 0.25) is 0 Å². The molecule has 25 heavy (non-hydrogen) atoms. The van der Waals surface area contributed by atoms with Gasteiger partial charge in [-0.1, -0.05) is 36.4 Å². The molecule has 3 aromatic rings. The van der Waals surface area contributed by atoms with Gasteiger partial charge in [-0.05, 0) is 29.5 Å². The third-order valence-electron chi connectivity index (χ3n) is 4.26. The summed E-state index contributed by atoms with van der Waals surface area (Å²) >= 11 is 5.59. The van der Waals surface area contributed by atoms with Gasteiger partial charge in [-0.25, -0.2) is 4.84 Å². The lowest BCUT2D eigenvalue weighted by Crippen LogP contribution is -2.32.